The molecule has 1 aromatic heterocycles. The first-order valence-corrected chi connectivity index (χ1v) is 8.13. The van der Waals surface area contributed by atoms with Crippen LogP contribution in [-0.2, 0) is 22.0 Å². The smallest absolute Gasteiger partial charge is 0.399 e. The van der Waals surface area contributed by atoms with Crippen LogP contribution in [-0.4, -0.2) is 28.1 Å². The SMILES string of the molecule is CC1(C)OB(c2cnn(Cc3ccc(F)cc3C(F)(F)F)c2)OC1(C)C. The topological polar surface area (TPSA) is 36.3 Å². The maximum Gasteiger partial charge on any atom is 0.498 e. The van der Waals surface area contributed by atoms with Gasteiger partial charge in [-0.3, -0.25) is 4.68 Å². The molecule has 0 amide bonds. The number of hydrogen-bond donors (Lipinski definition) is 0. The molecule has 0 atom stereocenters. The van der Waals surface area contributed by atoms with Gasteiger partial charge in [0, 0.05) is 17.9 Å². The van der Waals surface area contributed by atoms with E-state index in [1.165, 1.54) is 10.9 Å². The summed E-state index contributed by atoms with van der Waals surface area (Å²) in [4.78, 5) is 0. The molecule has 0 N–H and O–H groups in total. The molecule has 140 valence electrons. The molecule has 2 heterocycles. The Kier molecular flexibility index (Phi) is 4.43. The summed E-state index contributed by atoms with van der Waals surface area (Å²) in [7, 11) is -0.649. The number of nitrogens with zero attached hydrogens (tertiary/aromatic N) is 2. The lowest BCUT2D eigenvalue weighted by atomic mass is 9.82. The number of benzene rings is 1. The highest BCUT2D eigenvalue weighted by molar-refractivity contribution is 6.61. The van der Waals surface area contributed by atoms with Crippen molar-refractivity contribution in [2.75, 3.05) is 0 Å². The molecule has 4 nitrogen and oxygen atoms in total. The maximum atomic E-state index is 13.2. The van der Waals surface area contributed by atoms with E-state index < -0.39 is 35.9 Å². The molecule has 9 heteroatoms. The molecule has 1 aromatic carbocycles. The summed E-state index contributed by atoms with van der Waals surface area (Å²) in [5.41, 5.74) is -1.52. The number of halogens is 4. The summed E-state index contributed by atoms with van der Waals surface area (Å²) < 4.78 is 65.7. The van der Waals surface area contributed by atoms with Crippen molar-refractivity contribution < 1.29 is 26.9 Å². The largest absolute Gasteiger partial charge is 0.498 e. The summed E-state index contributed by atoms with van der Waals surface area (Å²) in [6.07, 6.45) is -1.57. The Labute approximate surface area is 149 Å². The van der Waals surface area contributed by atoms with E-state index in [-0.39, 0.29) is 12.1 Å². The van der Waals surface area contributed by atoms with Crippen molar-refractivity contribution in [2.24, 2.45) is 0 Å². The van der Waals surface area contributed by atoms with Gasteiger partial charge in [0.2, 0.25) is 0 Å². The molecule has 0 aliphatic carbocycles. The molecule has 26 heavy (non-hydrogen) atoms. The third kappa shape index (κ3) is 3.50. The Balaban J connectivity index is 1.83. The molecule has 0 bridgehead atoms. The second-order valence-corrected chi connectivity index (χ2v) is 7.36. The first kappa shape index (κ1) is 18.9. The highest BCUT2D eigenvalue weighted by atomic mass is 19.4. The van der Waals surface area contributed by atoms with Gasteiger partial charge >= 0.3 is 13.3 Å². The van der Waals surface area contributed by atoms with Gasteiger partial charge in [0.05, 0.1) is 23.3 Å². The van der Waals surface area contributed by atoms with E-state index in [1.54, 1.807) is 6.20 Å². The first-order chi connectivity index (χ1) is 11.9. The standard InChI is InChI=1S/C17H19BF4N2O2/c1-15(2)16(3,4)26-18(25-15)12-8-23-24(10-12)9-11-5-6-13(19)7-14(11)17(20,21)22/h5-8,10H,9H2,1-4H3. The van der Waals surface area contributed by atoms with Gasteiger partial charge < -0.3 is 9.31 Å². The average molecular weight is 370 g/mol. The lowest BCUT2D eigenvalue weighted by Gasteiger charge is -2.32. The molecular formula is C17H19BF4N2O2. The zero-order chi connectivity index (χ0) is 19.3. The van der Waals surface area contributed by atoms with Gasteiger partial charge in [-0.1, -0.05) is 6.07 Å². The van der Waals surface area contributed by atoms with Crippen LogP contribution in [0.3, 0.4) is 0 Å². The molecule has 0 saturated carbocycles. The van der Waals surface area contributed by atoms with E-state index in [0.717, 1.165) is 12.1 Å². The Morgan fingerprint density at radius 1 is 1.12 bits per heavy atom. The second kappa shape index (κ2) is 6.09. The minimum absolute atomic E-state index is 0.0672. The molecule has 0 radical (unpaired) electrons. The predicted octanol–water partition coefficient (Wildman–Crippen LogP) is 3.39. The van der Waals surface area contributed by atoms with E-state index in [9.17, 15) is 17.6 Å². The molecule has 2 aromatic rings. The molecule has 1 aliphatic heterocycles. The van der Waals surface area contributed by atoms with E-state index in [1.807, 2.05) is 27.7 Å². The van der Waals surface area contributed by atoms with Gasteiger partial charge in [0.15, 0.2) is 0 Å². The van der Waals surface area contributed by atoms with Crippen LogP contribution in [0.5, 0.6) is 0 Å². The third-order valence-corrected chi connectivity index (χ3v) is 4.89. The summed E-state index contributed by atoms with van der Waals surface area (Å²) in [5, 5.41) is 4.09. The number of rotatable bonds is 3. The van der Waals surface area contributed by atoms with Crippen LogP contribution < -0.4 is 5.46 Å². The highest BCUT2D eigenvalue weighted by Crippen LogP contribution is 2.36. The summed E-state index contributed by atoms with van der Waals surface area (Å²) >= 11 is 0. The fourth-order valence-electron chi connectivity index (χ4n) is 2.69. The van der Waals surface area contributed by atoms with Crippen LogP contribution in [0, 0.1) is 5.82 Å². The van der Waals surface area contributed by atoms with Gasteiger partial charge in [0.1, 0.15) is 5.82 Å². The molecule has 1 saturated heterocycles. The Bertz CT molecular complexity index is 801. The average Bonchev–Trinajstić information content (AvgIpc) is 3.03. The van der Waals surface area contributed by atoms with E-state index >= 15 is 0 Å². The highest BCUT2D eigenvalue weighted by Gasteiger charge is 2.52. The minimum atomic E-state index is -4.64. The maximum absolute atomic E-state index is 13.2. The van der Waals surface area contributed by atoms with Crippen LogP contribution in [0.1, 0.15) is 38.8 Å². The fraction of sp³-hybridized carbons (Fsp3) is 0.471. The Morgan fingerprint density at radius 2 is 1.73 bits per heavy atom. The van der Waals surface area contributed by atoms with Crippen molar-refractivity contribution in [3.63, 3.8) is 0 Å². The van der Waals surface area contributed by atoms with Crippen LogP contribution in [0.25, 0.3) is 0 Å². The molecular weight excluding hydrogens is 351 g/mol. The summed E-state index contributed by atoms with van der Waals surface area (Å²) in [6.45, 7) is 7.49. The van der Waals surface area contributed by atoms with Gasteiger partial charge in [-0.2, -0.15) is 18.3 Å². The van der Waals surface area contributed by atoms with Crippen LogP contribution in [0.4, 0.5) is 17.6 Å². The third-order valence-electron chi connectivity index (χ3n) is 4.89. The van der Waals surface area contributed by atoms with E-state index in [2.05, 4.69) is 5.10 Å². The molecule has 1 aliphatic rings. The minimum Gasteiger partial charge on any atom is -0.399 e. The lowest BCUT2D eigenvalue weighted by molar-refractivity contribution is -0.138. The fourth-order valence-corrected chi connectivity index (χ4v) is 2.69. The number of aromatic nitrogens is 2. The Hall–Kier alpha value is -1.87. The zero-order valence-corrected chi connectivity index (χ0v) is 14.9. The van der Waals surface area contributed by atoms with E-state index in [0.29, 0.717) is 11.5 Å². The van der Waals surface area contributed by atoms with Crippen LogP contribution in [0.2, 0.25) is 0 Å². The van der Waals surface area contributed by atoms with Crippen molar-refractivity contribution in [1.82, 2.24) is 9.78 Å². The normalized spacial score (nSPS) is 19.2. The summed E-state index contributed by atoms with van der Waals surface area (Å²) in [5.74, 6) is -0.931. The van der Waals surface area contributed by atoms with Crippen LogP contribution >= 0.6 is 0 Å². The zero-order valence-electron chi connectivity index (χ0n) is 14.9. The van der Waals surface area contributed by atoms with Gasteiger partial charge in [-0.15, -0.1) is 0 Å². The Morgan fingerprint density at radius 3 is 2.31 bits per heavy atom. The van der Waals surface area contributed by atoms with Crippen molar-refractivity contribution in [1.29, 1.82) is 0 Å². The second-order valence-electron chi connectivity index (χ2n) is 7.36. The number of hydrogen-bond acceptors (Lipinski definition) is 3. The predicted molar refractivity (Wildman–Crippen MR) is 88.4 cm³/mol. The van der Waals surface area contributed by atoms with Gasteiger partial charge in [0.25, 0.3) is 0 Å². The quantitative estimate of drug-likeness (QED) is 0.614. The van der Waals surface area contributed by atoms with Gasteiger partial charge in [-0.25, -0.2) is 4.39 Å². The van der Waals surface area contributed by atoms with Crippen LogP contribution in [0.15, 0.2) is 30.6 Å². The molecule has 1 fully saturated rings. The van der Waals surface area contributed by atoms with E-state index in [4.69, 9.17) is 9.31 Å². The number of alkyl halides is 3. The van der Waals surface area contributed by atoms with Crippen molar-refractivity contribution in [3.05, 3.63) is 47.5 Å². The van der Waals surface area contributed by atoms with Crippen molar-refractivity contribution >= 4 is 12.6 Å². The monoisotopic (exact) mass is 370 g/mol. The lowest BCUT2D eigenvalue weighted by Crippen LogP contribution is -2.41. The first-order valence-electron chi connectivity index (χ1n) is 8.13. The van der Waals surface area contributed by atoms with Crippen molar-refractivity contribution in [2.45, 2.75) is 51.6 Å². The summed E-state index contributed by atoms with van der Waals surface area (Å²) in [6, 6.07) is 2.62. The molecule has 3 rings (SSSR count). The molecule has 0 spiro atoms. The molecule has 0 unspecified atom stereocenters. The van der Waals surface area contributed by atoms with Crippen molar-refractivity contribution in [3.8, 4) is 0 Å². The van der Waals surface area contributed by atoms with Gasteiger partial charge in [-0.05, 0) is 45.4 Å².